The molecule has 128 valence electrons. The summed E-state index contributed by atoms with van der Waals surface area (Å²) in [5.41, 5.74) is 3.94. The van der Waals surface area contributed by atoms with E-state index in [0.717, 1.165) is 5.92 Å². The normalized spacial score (nSPS) is 12.0. The molecule has 0 N–H and O–H groups in total. The fourth-order valence-corrected chi connectivity index (χ4v) is 3.10. The van der Waals surface area contributed by atoms with Gasteiger partial charge in [-0.25, -0.2) is 0 Å². The largest absolute Gasteiger partial charge is 0.161 e. The van der Waals surface area contributed by atoms with Crippen molar-refractivity contribution >= 4 is 17.3 Å². The van der Waals surface area contributed by atoms with Crippen LogP contribution in [0.4, 0.5) is 0 Å². The second-order valence-corrected chi connectivity index (χ2v) is 7.78. The van der Waals surface area contributed by atoms with E-state index < -0.39 is 0 Å². The van der Waals surface area contributed by atoms with Crippen LogP contribution in [0.5, 0.6) is 0 Å². The minimum absolute atomic E-state index is 0.833. The van der Waals surface area contributed by atoms with Gasteiger partial charge in [0.25, 0.3) is 0 Å². The number of aryl methyl sites for hydroxylation is 1. The van der Waals surface area contributed by atoms with Gasteiger partial charge >= 0.3 is 0 Å². The molecule has 2 aromatic rings. The minimum atomic E-state index is 0.833. The Morgan fingerprint density at radius 1 is 0.917 bits per heavy atom. The third kappa shape index (κ3) is 7.70. The molecule has 0 nitrogen and oxygen atoms in total. The first-order valence-corrected chi connectivity index (χ1v) is 9.51. The average Bonchev–Trinajstić information content (AvgIpc) is 2.56. The summed E-state index contributed by atoms with van der Waals surface area (Å²) in [6.07, 6.45) is 4.33. The van der Waals surface area contributed by atoms with Gasteiger partial charge in [-0.3, -0.25) is 0 Å². The summed E-state index contributed by atoms with van der Waals surface area (Å²) in [6, 6.07) is 19.3. The summed E-state index contributed by atoms with van der Waals surface area (Å²) in [7, 11) is 0. The first kappa shape index (κ1) is 20.3. The average molecular weight is 340 g/mol. The van der Waals surface area contributed by atoms with E-state index in [1.54, 1.807) is 0 Å². The van der Waals surface area contributed by atoms with Crippen LogP contribution >= 0.6 is 0 Å². The summed E-state index contributed by atoms with van der Waals surface area (Å²) >= 11 is 1.26. The lowest BCUT2D eigenvalue weighted by molar-refractivity contribution is 0.737. The second-order valence-electron chi connectivity index (χ2n) is 6.56. The van der Waals surface area contributed by atoms with E-state index in [4.69, 9.17) is 0 Å². The van der Waals surface area contributed by atoms with Crippen molar-refractivity contribution in [3.63, 3.8) is 0 Å². The Morgan fingerprint density at radius 3 is 1.96 bits per heavy atom. The smallest absolute Gasteiger partial charge is 0.0827 e. The van der Waals surface area contributed by atoms with Crippen LogP contribution in [0.3, 0.4) is 0 Å². The van der Waals surface area contributed by atoms with E-state index in [0.29, 0.717) is 0 Å². The Morgan fingerprint density at radius 2 is 1.46 bits per heavy atom. The highest BCUT2D eigenvalue weighted by molar-refractivity contribution is 7.83. The molecule has 2 rings (SSSR count). The third-order valence-corrected chi connectivity index (χ3v) is 4.48. The highest BCUT2D eigenvalue weighted by Gasteiger charge is 2.12. The standard InChI is InChI=1S/C19H20S.C4H10/c1-4-8-19(16(3)17-9-6-5-7-10-17)20-18-13-11-15(2)12-14-18;1-4(2)3/h4-14H,1-3H3;4H,1-3H3/p+1/b8-4-,19-16-;. The Kier molecular flexibility index (Phi) is 9.26. The van der Waals surface area contributed by atoms with Crippen molar-refractivity contribution in [3.8, 4) is 0 Å². The van der Waals surface area contributed by atoms with Gasteiger partial charge in [0.05, 0.1) is 0 Å². The molecule has 0 bridgehead atoms. The third-order valence-electron chi connectivity index (χ3n) is 3.20. The topological polar surface area (TPSA) is 0 Å². The maximum Gasteiger partial charge on any atom is 0.161 e. The number of hydrogen-bond acceptors (Lipinski definition) is 0. The van der Waals surface area contributed by atoms with E-state index in [1.807, 2.05) is 0 Å². The monoisotopic (exact) mass is 339 g/mol. The molecule has 2 aromatic carbocycles. The van der Waals surface area contributed by atoms with Crippen LogP contribution in [0.25, 0.3) is 5.57 Å². The lowest BCUT2D eigenvalue weighted by atomic mass is 10.1. The maximum absolute atomic E-state index is 2.21. The molecule has 0 radical (unpaired) electrons. The SMILES string of the molecule is C/C=C\C([SH+]c1ccc(C)cc1)=C(/C)c1ccccc1.CC(C)C. The molecule has 0 heterocycles. The van der Waals surface area contributed by atoms with E-state index in [1.165, 1.54) is 38.3 Å². The Balaban J connectivity index is 0.000000648. The van der Waals surface area contributed by atoms with Crippen LogP contribution in [-0.4, -0.2) is 0 Å². The van der Waals surface area contributed by atoms with Crippen LogP contribution in [0.2, 0.25) is 0 Å². The summed E-state index contributed by atoms with van der Waals surface area (Å²) in [5.74, 6) is 0.833. The molecule has 0 spiro atoms. The van der Waals surface area contributed by atoms with Crippen LogP contribution in [0.1, 0.15) is 45.7 Å². The molecule has 1 heteroatoms. The molecule has 24 heavy (non-hydrogen) atoms. The van der Waals surface area contributed by atoms with Crippen molar-refractivity contribution in [3.05, 3.63) is 82.8 Å². The quantitative estimate of drug-likeness (QED) is 0.325. The van der Waals surface area contributed by atoms with Gasteiger partial charge in [-0.15, -0.1) is 0 Å². The van der Waals surface area contributed by atoms with E-state index in [-0.39, 0.29) is 0 Å². The van der Waals surface area contributed by atoms with E-state index in [2.05, 4.69) is 108 Å². The van der Waals surface area contributed by atoms with Gasteiger partial charge < -0.3 is 0 Å². The van der Waals surface area contributed by atoms with Crippen LogP contribution in [-0.2, 0) is 11.8 Å². The van der Waals surface area contributed by atoms with Crippen molar-refractivity contribution in [2.45, 2.75) is 46.4 Å². The number of hydrogen-bond donors (Lipinski definition) is 0. The van der Waals surface area contributed by atoms with Crippen LogP contribution < -0.4 is 0 Å². The van der Waals surface area contributed by atoms with Crippen molar-refractivity contribution in [1.29, 1.82) is 0 Å². The summed E-state index contributed by atoms with van der Waals surface area (Å²) in [4.78, 5) is 2.68. The maximum atomic E-state index is 2.21. The molecule has 0 aromatic heterocycles. The van der Waals surface area contributed by atoms with E-state index >= 15 is 0 Å². The van der Waals surface area contributed by atoms with Crippen molar-refractivity contribution < 1.29 is 0 Å². The number of allylic oxidation sites excluding steroid dienone is 3. The predicted molar refractivity (Wildman–Crippen MR) is 113 cm³/mol. The van der Waals surface area contributed by atoms with Gasteiger partial charge in [0.15, 0.2) is 9.80 Å². The lowest BCUT2D eigenvalue weighted by Gasteiger charge is -2.03. The van der Waals surface area contributed by atoms with Crippen molar-refractivity contribution in [2.75, 3.05) is 0 Å². The molecule has 0 unspecified atom stereocenters. The Hall–Kier alpha value is -1.73. The Bertz CT molecular complexity index is 643. The Labute approximate surface area is 152 Å². The van der Waals surface area contributed by atoms with Gasteiger partial charge in [0, 0.05) is 17.3 Å². The highest BCUT2D eigenvalue weighted by atomic mass is 32.2. The zero-order chi connectivity index (χ0) is 17.9. The van der Waals surface area contributed by atoms with Crippen LogP contribution in [0.15, 0.2) is 76.5 Å². The molecule has 0 aliphatic heterocycles. The van der Waals surface area contributed by atoms with Gasteiger partial charge in [-0.2, -0.15) is 0 Å². The minimum Gasteiger partial charge on any atom is -0.0827 e. The molecule has 0 aliphatic rings. The molecular formula is C23H31S+. The summed E-state index contributed by atoms with van der Waals surface area (Å²) in [5, 5.41) is 0. The molecular weight excluding hydrogens is 308 g/mol. The fraction of sp³-hybridized carbons (Fsp3) is 0.304. The molecule has 0 aliphatic carbocycles. The number of thiol groups is 1. The fourth-order valence-electron chi connectivity index (χ4n) is 2.00. The molecule has 0 atom stereocenters. The zero-order valence-corrected chi connectivity index (χ0v) is 16.8. The van der Waals surface area contributed by atoms with E-state index in [9.17, 15) is 0 Å². The summed E-state index contributed by atoms with van der Waals surface area (Å²) in [6.45, 7) is 12.9. The first-order chi connectivity index (χ1) is 11.4. The molecule has 0 saturated heterocycles. The molecule has 0 fully saturated rings. The highest BCUT2D eigenvalue weighted by Crippen LogP contribution is 2.23. The predicted octanol–water partition coefficient (Wildman–Crippen LogP) is 6.84. The lowest BCUT2D eigenvalue weighted by Crippen LogP contribution is -1.91. The first-order valence-electron chi connectivity index (χ1n) is 8.61. The number of rotatable bonds is 4. The zero-order valence-electron chi connectivity index (χ0n) is 15.9. The van der Waals surface area contributed by atoms with Gasteiger partial charge in [0.1, 0.15) is 0 Å². The number of benzene rings is 2. The van der Waals surface area contributed by atoms with Crippen LogP contribution in [0, 0.1) is 12.8 Å². The molecule has 0 amide bonds. The summed E-state index contributed by atoms with van der Waals surface area (Å²) < 4.78 is 0. The van der Waals surface area contributed by atoms with Gasteiger partial charge in [-0.05, 0) is 50.5 Å². The second kappa shape index (κ2) is 10.9. The molecule has 0 saturated carbocycles. The van der Waals surface area contributed by atoms with Crippen molar-refractivity contribution in [1.82, 2.24) is 0 Å². The van der Waals surface area contributed by atoms with Gasteiger partial charge in [-0.1, -0.05) is 74.9 Å². The van der Waals surface area contributed by atoms with Crippen molar-refractivity contribution in [2.24, 2.45) is 5.92 Å². The van der Waals surface area contributed by atoms with Gasteiger partial charge in [0.2, 0.25) is 0 Å².